The zero-order valence-electron chi connectivity index (χ0n) is 9.47. The lowest BCUT2D eigenvalue weighted by Crippen LogP contribution is -2.50. The van der Waals surface area contributed by atoms with Gasteiger partial charge in [0.2, 0.25) is 0 Å². The van der Waals surface area contributed by atoms with E-state index in [-0.39, 0.29) is 0 Å². The van der Waals surface area contributed by atoms with E-state index in [4.69, 9.17) is 14.9 Å². The number of carbonyl (C=O) groups is 2. The molecule has 0 saturated heterocycles. The molecular formula is C9H18N2O5. The van der Waals surface area contributed by atoms with E-state index >= 15 is 0 Å². The summed E-state index contributed by atoms with van der Waals surface area (Å²) in [7, 11) is 1.51. The Hall–Kier alpha value is -1.34. The summed E-state index contributed by atoms with van der Waals surface area (Å²) in [6, 6.07) is -1.80. The number of rotatable bonds is 7. The summed E-state index contributed by atoms with van der Waals surface area (Å²) in [5.74, 6) is -1.27. The minimum Gasteiger partial charge on any atom is -0.480 e. The zero-order chi connectivity index (χ0) is 12.6. The van der Waals surface area contributed by atoms with Crippen LogP contribution in [0.25, 0.3) is 0 Å². The van der Waals surface area contributed by atoms with Crippen molar-refractivity contribution in [1.82, 2.24) is 10.2 Å². The summed E-state index contributed by atoms with van der Waals surface area (Å²) in [6.45, 7) is 2.31. The van der Waals surface area contributed by atoms with Gasteiger partial charge in [-0.1, -0.05) is 0 Å². The number of likely N-dealkylation sites (N-methyl/N-ethyl adjacent to an activating group) is 1. The standard InChI is InChI=1S/C9H18N2O5/c1-3-11(4-5-16-2)9(15)10-7(6-12)8(13)14/h7,12H,3-6H2,1-2H3,(H,10,15)(H,13,14)/t7-/m1/s1. The summed E-state index contributed by atoms with van der Waals surface area (Å²) < 4.78 is 4.82. The average molecular weight is 234 g/mol. The molecule has 2 amide bonds. The number of nitrogens with zero attached hydrogens (tertiary/aromatic N) is 1. The first-order valence-electron chi connectivity index (χ1n) is 4.94. The quantitative estimate of drug-likeness (QED) is 0.530. The second-order valence-corrected chi connectivity index (χ2v) is 3.10. The van der Waals surface area contributed by atoms with Crippen LogP contribution in [0.3, 0.4) is 0 Å². The smallest absolute Gasteiger partial charge is 0.328 e. The molecule has 0 aromatic carbocycles. The molecule has 0 unspecified atom stereocenters. The van der Waals surface area contributed by atoms with Gasteiger partial charge in [-0.25, -0.2) is 9.59 Å². The minimum absolute atomic E-state index is 0.372. The van der Waals surface area contributed by atoms with Crippen LogP contribution < -0.4 is 5.32 Å². The number of hydrogen-bond donors (Lipinski definition) is 3. The number of nitrogens with one attached hydrogen (secondary N) is 1. The molecule has 3 N–H and O–H groups in total. The molecular weight excluding hydrogens is 216 g/mol. The van der Waals surface area contributed by atoms with Crippen molar-refractivity contribution >= 4 is 12.0 Å². The van der Waals surface area contributed by atoms with Crippen molar-refractivity contribution in [3.63, 3.8) is 0 Å². The highest BCUT2D eigenvalue weighted by Gasteiger charge is 2.21. The molecule has 16 heavy (non-hydrogen) atoms. The van der Waals surface area contributed by atoms with Crippen molar-refractivity contribution in [2.75, 3.05) is 33.4 Å². The number of aliphatic hydroxyl groups is 1. The van der Waals surface area contributed by atoms with Gasteiger partial charge in [-0.3, -0.25) is 0 Å². The molecule has 0 bridgehead atoms. The number of urea groups is 1. The topological polar surface area (TPSA) is 99.1 Å². The summed E-state index contributed by atoms with van der Waals surface area (Å²) in [4.78, 5) is 23.5. The zero-order valence-corrected chi connectivity index (χ0v) is 9.47. The van der Waals surface area contributed by atoms with E-state index < -0.39 is 24.6 Å². The fourth-order valence-electron chi connectivity index (χ4n) is 1.03. The highest BCUT2D eigenvalue weighted by Crippen LogP contribution is 1.92. The summed E-state index contributed by atoms with van der Waals surface area (Å²) >= 11 is 0. The predicted molar refractivity (Wildman–Crippen MR) is 56.2 cm³/mol. The van der Waals surface area contributed by atoms with Gasteiger partial charge in [0.15, 0.2) is 6.04 Å². The molecule has 0 aliphatic heterocycles. The van der Waals surface area contributed by atoms with Crippen molar-refractivity contribution in [3.05, 3.63) is 0 Å². The van der Waals surface area contributed by atoms with Gasteiger partial charge >= 0.3 is 12.0 Å². The molecule has 0 rings (SSSR count). The van der Waals surface area contributed by atoms with Gasteiger partial charge in [-0.15, -0.1) is 0 Å². The van der Waals surface area contributed by atoms with Crippen LogP contribution in [-0.4, -0.2) is 66.6 Å². The van der Waals surface area contributed by atoms with Gasteiger partial charge in [0.1, 0.15) is 0 Å². The molecule has 7 nitrogen and oxygen atoms in total. The molecule has 0 aliphatic carbocycles. The van der Waals surface area contributed by atoms with E-state index in [9.17, 15) is 9.59 Å². The summed E-state index contributed by atoms with van der Waals surface area (Å²) in [5, 5.41) is 19.6. The maximum absolute atomic E-state index is 11.5. The third-order valence-corrected chi connectivity index (χ3v) is 2.01. The maximum Gasteiger partial charge on any atom is 0.328 e. The third kappa shape index (κ3) is 4.94. The molecule has 7 heteroatoms. The summed E-state index contributed by atoms with van der Waals surface area (Å²) in [5.41, 5.74) is 0. The van der Waals surface area contributed by atoms with E-state index in [1.165, 1.54) is 12.0 Å². The fourth-order valence-corrected chi connectivity index (χ4v) is 1.03. The van der Waals surface area contributed by atoms with Crippen LogP contribution in [0.2, 0.25) is 0 Å². The maximum atomic E-state index is 11.5. The Labute approximate surface area is 94.0 Å². The third-order valence-electron chi connectivity index (χ3n) is 2.01. The van der Waals surface area contributed by atoms with Crippen molar-refractivity contribution in [3.8, 4) is 0 Å². The van der Waals surface area contributed by atoms with Crippen LogP contribution in [0, 0.1) is 0 Å². The Balaban J connectivity index is 4.23. The summed E-state index contributed by atoms with van der Waals surface area (Å²) in [6.07, 6.45) is 0. The van der Waals surface area contributed by atoms with E-state index in [0.29, 0.717) is 19.7 Å². The van der Waals surface area contributed by atoms with Gasteiger partial charge < -0.3 is 25.2 Å². The van der Waals surface area contributed by atoms with Gasteiger partial charge in [0.05, 0.1) is 13.2 Å². The Bertz CT molecular complexity index is 234. The molecule has 0 radical (unpaired) electrons. The highest BCUT2D eigenvalue weighted by atomic mass is 16.5. The molecule has 94 valence electrons. The van der Waals surface area contributed by atoms with Crippen LogP contribution >= 0.6 is 0 Å². The Morgan fingerprint density at radius 1 is 1.50 bits per heavy atom. The Morgan fingerprint density at radius 3 is 2.50 bits per heavy atom. The van der Waals surface area contributed by atoms with Gasteiger partial charge in [0.25, 0.3) is 0 Å². The molecule has 0 aromatic rings. The molecule has 0 aliphatic rings. The number of ether oxygens (including phenoxy) is 1. The highest BCUT2D eigenvalue weighted by molar-refractivity contribution is 5.82. The molecule has 0 fully saturated rings. The van der Waals surface area contributed by atoms with Gasteiger partial charge in [0, 0.05) is 20.2 Å². The number of aliphatic hydroxyl groups excluding tert-OH is 1. The first-order chi connectivity index (χ1) is 7.56. The van der Waals surface area contributed by atoms with Gasteiger partial charge in [-0.05, 0) is 6.92 Å². The number of carbonyl (C=O) groups excluding carboxylic acids is 1. The van der Waals surface area contributed by atoms with Crippen molar-refractivity contribution in [2.24, 2.45) is 0 Å². The lowest BCUT2D eigenvalue weighted by atomic mass is 10.3. The van der Waals surface area contributed by atoms with Crippen molar-refractivity contribution in [1.29, 1.82) is 0 Å². The van der Waals surface area contributed by atoms with Crippen LogP contribution in [0.5, 0.6) is 0 Å². The van der Waals surface area contributed by atoms with Gasteiger partial charge in [-0.2, -0.15) is 0 Å². The number of methoxy groups -OCH3 is 1. The number of aliphatic carboxylic acids is 1. The second-order valence-electron chi connectivity index (χ2n) is 3.10. The Kier molecular flexibility index (Phi) is 7.23. The normalized spacial score (nSPS) is 11.9. The van der Waals surface area contributed by atoms with Crippen LogP contribution in [0.15, 0.2) is 0 Å². The number of amides is 2. The molecule has 1 atom stereocenters. The van der Waals surface area contributed by atoms with E-state index in [1.807, 2.05) is 0 Å². The minimum atomic E-state index is -1.27. The molecule has 0 aromatic heterocycles. The molecule has 0 heterocycles. The second kappa shape index (κ2) is 7.89. The van der Waals surface area contributed by atoms with Crippen LogP contribution in [0.1, 0.15) is 6.92 Å². The predicted octanol–water partition coefficient (Wildman–Crippen LogP) is -0.890. The van der Waals surface area contributed by atoms with Crippen molar-refractivity contribution in [2.45, 2.75) is 13.0 Å². The molecule has 0 spiro atoms. The van der Waals surface area contributed by atoms with E-state index in [1.54, 1.807) is 6.92 Å². The Morgan fingerprint density at radius 2 is 2.12 bits per heavy atom. The lowest BCUT2D eigenvalue weighted by molar-refractivity contribution is -0.140. The van der Waals surface area contributed by atoms with Crippen molar-refractivity contribution < 1.29 is 24.5 Å². The van der Waals surface area contributed by atoms with E-state index in [2.05, 4.69) is 5.32 Å². The number of carboxylic acid groups (broad SMARTS) is 1. The SMILES string of the molecule is CCN(CCOC)C(=O)N[C@H](CO)C(=O)O. The first kappa shape index (κ1) is 14.7. The largest absolute Gasteiger partial charge is 0.480 e. The van der Waals surface area contributed by atoms with Crippen LogP contribution in [-0.2, 0) is 9.53 Å². The monoisotopic (exact) mass is 234 g/mol. The van der Waals surface area contributed by atoms with E-state index in [0.717, 1.165) is 0 Å². The lowest BCUT2D eigenvalue weighted by Gasteiger charge is -2.22. The average Bonchev–Trinajstić information content (AvgIpc) is 2.26. The molecule has 0 saturated carbocycles. The fraction of sp³-hybridized carbons (Fsp3) is 0.778. The first-order valence-corrected chi connectivity index (χ1v) is 4.94. The number of hydrogen-bond acceptors (Lipinski definition) is 4. The number of carboxylic acids is 1. The van der Waals surface area contributed by atoms with Crippen LogP contribution in [0.4, 0.5) is 4.79 Å².